The number of nitrogens with zero attached hydrogens (tertiary/aromatic N) is 3. The number of aromatic amines is 1. The fourth-order valence-electron chi connectivity index (χ4n) is 1.16. The summed E-state index contributed by atoms with van der Waals surface area (Å²) in [6.07, 6.45) is 1.22. The quantitative estimate of drug-likeness (QED) is 0.291. The van der Waals surface area contributed by atoms with Crippen LogP contribution in [0.1, 0.15) is 12.7 Å². The van der Waals surface area contributed by atoms with Crippen LogP contribution in [0, 0.1) is 6.92 Å². The van der Waals surface area contributed by atoms with Crippen molar-refractivity contribution in [3.05, 3.63) is 12.0 Å². The van der Waals surface area contributed by atoms with Crippen molar-refractivity contribution in [1.29, 1.82) is 0 Å². The van der Waals surface area contributed by atoms with Crippen molar-refractivity contribution in [3.8, 4) is 0 Å². The lowest BCUT2D eigenvalue weighted by Gasteiger charge is -2.22. The smallest absolute Gasteiger partial charge is 0.260 e. The van der Waals surface area contributed by atoms with E-state index in [1.807, 2.05) is 0 Å². The fraction of sp³-hybridized carbons (Fsp3) is 0.500. The highest BCUT2D eigenvalue weighted by Crippen LogP contribution is 2.14. The molecule has 0 saturated heterocycles. The first-order chi connectivity index (χ1) is 7.80. The predicted octanol–water partition coefficient (Wildman–Crippen LogP) is -0.526. The number of amidine groups is 1. The molecule has 17 heavy (non-hydrogen) atoms. The maximum Gasteiger partial charge on any atom is 0.260 e. The number of likely N-dealkylation sites (N-methyl/N-ethyl adjacent to an activating group) is 1. The van der Waals surface area contributed by atoms with Gasteiger partial charge in [0.25, 0.3) is 10.0 Å². The summed E-state index contributed by atoms with van der Waals surface area (Å²) in [6.45, 7) is 3.15. The Kier molecular flexibility index (Phi) is 3.73. The largest absolute Gasteiger partial charge is 0.409 e. The number of H-pyrrole nitrogens is 1. The van der Waals surface area contributed by atoms with Crippen LogP contribution in [0.2, 0.25) is 0 Å². The molecular weight excluding hydrogens is 246 g/mol. The summed E-state index contributed by atoms with van der Waals surface area (Å²) >= 11 is 0. The molecule has 0 aliphatic heterocycles. The van der Waals surface area contributed by atoms with E-state index in [1.54, 1.807) is 6.92 Å². The van der Waals surface area contributed by atoms with E-state index >= 15 is 0 Å². The van der Waals surface area contributed by atoms with Crippen molar-refractivity contribution in [2.24, 2.45) is 10.9 Å². The molecule has 4 N–H and O–H groups in total. The second kappa shape index (κ2) is 4.72. The third-order valence-electron chi connectivity index (χ3n) is 2.43. The predicted molar refractivity (Wildman–Crippen MR) is 61.1 cm³/mol. The van der Waals surface area contributed by atoms with Gasteiger partial charge in [0, 0.05) is 7.05 Å². The molecule has 1 aromatic heterocycles. The van der Waals surface area contributed by atoms with Gasteiger partial charge in [0.2, 0.25) is 0 Å². The molecule has 1 heterocycles. The van der Waals surface area contributed by atoms with Gasteiger partial charge in [-0.15, -0.1) is 0 Å². The zero-order valence-corrected chi connectivity index (χ0v) is 10.6. The number of sulfonamides is 1. The summed E-state index contributed by atoms with van der Waals surface area (Å²) in [4.78, 5) is 6.44. The second-order valence-electron chi connectivity index (χ2n) is 3.55. The van der Waals surface area contributed by atoms with Crippen LogP contribution in [0.5, 0.6) is 0 Å². The molecule has 0 radical (unpaired) electrons. The van der Waals surface area contributed by atoms with Crippen LogP contribution in [0.3, 0.4) is 0 Å². The molecule has 96 valence electrons. The Morgan fingerprint density at radius 1 is 1.71 bits per heavy atom. The van der Waals surface area contributed by atoms with Crippen molar-refractivity contribution in [3.63, 3.8) is 0 Å². The SMILES string of the molecule is Cc1ncc(S(=O)(=O)N(C)C(C)C(N)=NO)[nH]1. The van der Waals surface area contributed by atoms with E-state index in [9.17, 15) is 8.42 Å². The van der Waals surface area contributed by atoms with E-state index in [-0.39, 0.29) is 10.9 Å². The number of aromatic nitrogens is 2. The first-order valence-corrected chi connectivity index (χ1v) is 6.21. The first kappa shape index (κ1) is 13.5. The van der Waals surface area contributed by atoms with Gasteiger partial charge in [-0.3, -0.25) is 0 Å². The number of nitrogens with one attached hydrogen (secondary N) is 1. The van der Waals surface area contributed by atoms with Gasteiger partial charge >= 0.3 is 0 Å². The third kappa shape index (κ3) is 2.56. The average Bonchev–Trinajstić information content (AvgIpc) is 2.73. The van der Waals surface area contributed by atoms with Crippen LogP contribution in [-0.2, 0) is 10.0 Å². The molecule has 1 unspecified atom stereocenters. The van der Waals surface area contributed by atoms with Gasteiger partial charge < -0.3 is 15.9 Å². The van der Waals surface area contributed by atoms with Crippen LogP contribution >= 0.6 is 0 Å². The molecule has 0 fully saturated rings. The zero-order valence-electron chi connectivity index (χ0n) is 9.75. The topological polar surface area (TPSA) is 125 Å². The maximum atomic E-state index is 12.1. The van der Waals surface area contributed by atoms with Crippen LogP contribution in [0.4, 0.5) is 0 Å². The number of aryl methyl sites for hydroxylation is 1. The monoisotopic (exact) mass is 261 g/mol. The van der Waals surface area contributed by atoms with Crippen molar-refractivity contribution in [2.45, 2.75) is 24.9 Å². The Morgan fingerprint density at radius 3 is 2.71 bits per heavy atom. The standard InChI is InChI=1S/C8H15N5O3S/c1-5(8(9)12-14)13(3)17(15,16)7-4-10-6(2)11-7/h4-5,14H,1-3H3,(H2,9,12)(H,10,11). The van der Waals surface area contributed by atoms with Crippen molar-refractivity contribution in [2.75, 3.05) is 7.05 Å². The third-order valence-corrected chi connectivity index (χ3v) is 4.26. The minimum absolute atomic E-state index is 0.0323. The number of imidazole rings is 1. The summed E-state index contributed by atoms with van der Waals surface area (Å²) in [5.74, 6) is 0.306. The average molecular weight is 261 g/mol. The first-order valence-electron chi connectivity index (χ1n) is 4.77. The van der Waals surface area contributed by atoms with Gasteiger partial charge in [0.05, 0.1) is 12.2 Å². The minimum atomic E-state index is -3.73. The Hall–Kier alpha value is -1.61. The number of rotatable bonds is 4. The van der Waals surface area contributed by atoms with E-state index in [0.717, 1.165) is 4.31 Å². The van der Waals surface area contributed by atoms with Gasteiger partial charge in [-0.1, -0.05) is 5.16 Å². The Morgan fingerprint density at radius 2 is 2.29 bits per heavy atom. The van der Waals surface area contributed by atoms with Crippen molar-refractivity contribution < 1.29 is 13.6 Å². The molecule has 1 aromatic rings. The van der Waals surface area contributed by atoms with Gasteiger partial charge in [0.15, 0.2) is 10.9 Å². The molecular formula is C8H15N5O3S. The zero-order chi connectivity index (χ0) is 13.2. The Bertz CT molecular complexity index is 521. The van der Waals surface area contributed by atoms with E-state index in [4.69, 9.17) is 10.9 Å². The number of hydrogen-bond acceptors (Lipinski definition) is 5. The summed E-state index contributed by atoms with van der Waals surface area (Å²) in [7, 11) is -2.39. The highest BCUT2D eigenvalue weighted by atomic mass is 32.2. The molecule has 0 amide bonds. The van der Waals surface area contributed by atoms with Gasteiger partial charge in [0.1, 0.15) is 5.82 Å². The summed E-state index contributed by atoms with van der Waals surface area (Å²) in [5.41, 5.74) is 5.37. The minimum Gasteiger partial charge on any atom is -0.409 e. The molecule has 0 aliphatic rings. The fourth-order valence-corrected chi connectivity index (χ4v) is 2.46. The van der Waals surface area contributed by atoms with E-state index in [0.29, 0.717) is 5.82 Å². The molecule has 0 aliphatic carbocycles. The second-order valence-corrected chi connectivity index (χ2v) is 5.52. The summed E-state index contributed by atoms with van der Waals surface area (Å²) in [5, 5.41) is 11.3. The van der Waals surface area contributed by atoms with E-state index in [1.165, 1.54) is 20.2 Å². The van der Waals surface area contributed by atoms with Gasteiger partial charge in [-0.2, -0.15) is 4.31 Å². The van der Waals surface area contributed by atoms with E-state index in [2.05, 4.69) is 15.1 Å². The molecule has 0 aromatic carbocycles. The van der Waals surface area contributed by atoms with Crippen molar-refractivity contribution in [1.82, 2.24) is 14.3 Å². The molecule has 1 atom stereocenters. The number of hydrogen-bond donors (Lipinski definition) is 3. The Balaban J connectivity index is 3.07. The normalized spacial score (nSPS) is 15.2. The number of oxime groups is 1. The summed E-state index contributed by atoms with van der Waals surface area (Å²) in [6, 6.07) is -0.756. The highest BCUT2D eigenvalue weighted by molar-refractivity contribution is 7.89. The molecule has 8 nitrogen and oxygen atoms in total. The van der Waals surface area contributed by atoms with Crippen LogP contribution < -0.4 is 5.73 Å². The highest BCUT2D eigenvalue weighted by Gasteiger charge is 2.29. The van der Waals surface area contributed by atoms with Crippen LogP contribution in [-0.4, -0.2) is 46.8 Å². The summed E-state index contributed by atoms with van der Waals surface area (Å²) < 4.78 is 25.1. The van der Waals surface area contributed by atoms with Crippen LogP contribution in [0.15, 0.2) is 16.4 Å². The maximum absolute atomic E-state index is 12.1. The van der Waals surface area contributed by atoms with Crippen molar-refractivity contribution >= 4 is 15.9 Å². The lowest BCUT2D eigenvalue weighted by molar-refractivity contribution is 0.311. The number of nitrogens with two attached hydrogens (primary N) is 1. The lowest BCUT2D eigenvalue weighted by Crippen LogP contribution is -2.43. The van der Waals surface area contributed by atoms with Crippen LogP contribution in [0.25, 0.3) is 0 Å². The van der Waals surface area contributed by atoms with E-state index < -0.39 is 16.1 Å². The molecule has 0 saturated carbocycles. The Labute approximate surface area is 99.2 Å². The van der Waals surface area contributed by atoms with Gasteiger partial charge in [-0.25, -0.2) is 13.4 Å². The van der Waals surface area contributed by atoms with Gasteiger partial charge in [-0.05, 0) is 13.8 Å². The molecule has 0 bridgehead atoms. The molecule has 9 heteroatoms. The lowest BCUT2D eigenvalue weighted by atomic mass is 10.3. The molecule has 1 rings (SSSR count). The molecule has 0 spiro atoms.